The molecule has 0 bridgehead atoms. The Balaban J connectivity index is 1.67. The van der Waals surface area contributed by atoms with Crippen LogP contribution in [0.3, 0.4) is 0 Å². The van der Waals surface area contributed by atoms with Gasteiger partial charge in [0.25, 0.3) is 0 Å². The first-order valence-corrected chi connectivity index (χ1v) is 11.2. The molecule has 6 rings (SSSR count). The van der Waals surface area contributed by atoms with Crippen LogP contribution in [0.1, 0.15) is 30.5 Å². The fourth-order valence-corrected chi connectivity index (χ4v) is 5.28. The summed E-state index contributed by atoms with van der Waals surface area (Å²) in [4.78, 5) is 4.81. The number of nitrogens with zero attached hydrogens (tertiary/aromatic N) is 2. The molecule has 0 aliphatic rings. The molecule has 0 spiro atoms. The standard InChI is InChI=1S/C29H26N2/c1-17(2)12-20-15-26(30-16-19(20)4)21-13-18(3)28-25(14-21)24-10-7-9-23-22-8-5-6-11-27(22)31(28)29(23)24/h5-11,13-17H,12H2,1-4H3. The molecule has 0 aliphatic heterocycles. The van der Waals surface area contributed by atoms with Crippen molar-refractivity contribution in [1.29, 1.82) is 0 Å². The summed E-state index contributed by atoms with van der Waals surface area (Å²) in [6.45, 7) is 8.95. The van der Waals surface area contributed by atoms with Crippen LogP contribution in [-0.4, -0.2) is 9.38 Å². The van der Waals surface area contributed by atoms with Crippen molar-refractivity contribution >= 4 is 38.1 Å². The quantitative estimate of drug-likeness (QED) is 0.296. The van der Waals surface area contributed by atoms with Crippen molar-refractivity contribution in [3.05, 3.63) is 83.6 Å². The number of para-hydroxylation sites is 2. The summed E-state index contributed by atoms with van der Waals surface area (Å²) < 4.78 is 2.46. The van der Waals surface area contributed by atoms with E-state index in [1.165, 1.54) is 60.3 Å². The lowest BCUT2D eigenvalue weighted by atomic mass is 9.96. The molecule has 3 aromatic heterocycles. The summed E-state index contributed by atoms with van der Waals surface area (Å²) in [5.74, 6) is 0.632. The second-order valence-corrected chi connectivity index (χ2v) is 9.34. The predicted octanol–water partition coefficient (Wildman–Crippen LogP) is 7.71. The summed E-state index contributed by atoms with van der Waals surface area (Å²) in [6.07, 6.45) is 3.12. The van der Waals surface area contributed by atoms with Gasteiger partial charge in [0, 0.05) is 33.3 Å². The van der Waals surface area contributed by atoms with Gasteiger partial charge >= 0.3 is 0 Å². The van der Waals surface area contributed by atoms with Crippen molar-refractivity contribution in [2.45, 2.75) is 34.1 Å². The molecule has 6 aromatic rings. The largest absolute Gasteiger partial charge is 0.308 e. The lowest BCUT2D eigenvalue weighted by molar-refractivity contribution is 0.644. The molecule has 0 N–H and O–H groups in total. The van der Waals surface area contributed by atoms with E-state index in [0.29, 0.717) is 5.92 Å². The monoisotopic (exact) mass is 402 g/mol. The van der Waals surface area contributed by atoms with Crippen LogP contribution in [0.5, 0.6) is 0 Å². The summed E-state index contributed by atoms with van der Waals surface area (Å²) in [5, 5.41) is 5.29. The predicted molar refractivity (Wildman–Crippen MR) is 132 cm³/mol. The van der Waals surface area contributed by atoms with E-state index in [1.54, 1.807) is 0 Å². The maximum atomic E-state index is 4.81. The van der Waals surface area contributed by atoms with Gasteiger partial charge < -0.3 is 4.40 Å². The van der Waals surface area contributed by atoms with Crippen molar-refractivity contribution in [3.8, 4) is 11.3 Å². The number of pyridine rings is 1. The molecule has 31 heavy (non-hydrogen) atoms. The van der Waals surface area contributed by atoms with Gasteiger partial charge in [-0.25, -0.2) is 0 Å². The average molecular weight is 403 g/mol. The number of fused-ring (bicyclic) bond motifs is 6. The van der Waals surface area contributed by atoms with E-state index in [4.69, 9.17) is 4.98 Å². The van der Waals surface area contributed by atoms with E-state index in [1.807, 2.05) is 6.20 Å². The summed E-state index contributed by atoms with van der Waals surface area (Å²) in [7, 11) is 0. The van der Waals surface area contributed by atoms with E-state index in [2.05, 4.69) is 92.8 Å². The Morgan fingerprint density at radius 2 is 1.52 bits per heavy atom. The Bertz CT molecular complexity index is 1600. The third-order valence-corrected chi connectivity index (χ3v) is 6.65. The van der Waals surface area contributed by atoms with E-state index in [9.17, 15) is 0 Å². The molecule has 152 valence electrons. The zero-order valence-corrected chi connectivity index (χ0v) is 18.5. The Kier molecular flexibility index (Phi) is 3.89. The van der Waals surface area contributed by atoms with Crippen molar-refractivity contribution in [3.63, 3.8) is 0 Å². The minimum Gasteiger partial charge on any atom is -0.308 e. The first-order valence-electron chi connectivity index (χ1n) is 11.2. The normalized spacial score (nSPS) is 12.3. The van der Waals surface area contributed by atoms with Gasteiger partial charge in [-0.15, -0.1) is 0 Å². The van der Waals surface area contributed by atoms with Gasteiger partial charge in [0.2, 0.25) is 0 Å². The lowest BCUT2D eigenvalue weighted by Crippen LogP contribution is -1.99. The van der Waals surface area contributed by atoms with Crippen LogP contribution in [0.2, 0.25) is 0 Å². The molecule has 0 atom stereocenters. The molecule has 2 heteroatoms. The van der Waals surface area contributed by atoms with Gasteiger partial charge in [-0.1, -0.05) is 50.2 Å². The number of aromatic nitrogens is 2. The second kappa shape index (κ2) is 6.55. The van der Waals surface area contributed by atoms with Crippen LogP contribution in [0, 0.1) is 19.8 Å². The van der Waals surface area contributed by atoms with Crippen LogP contribution in [0.4, 0.5) is 0 Å². The minimum atomic E-state index is 0.632. The highest BCUT2D eigenvalue weighted by atomic mass is 14.9. The van der Waals surface area contributed by atoms with Gasteiger partial charge in [-0.05, 0) is 67.1 Å². The fraction of sp³-hybridized carbons (Fsp3) is 0.207. The average Bonchev–Trinajstić information content (AvgIpc) is 3.27. The molecule has 0 saturated carbocycles. The van der Waals surface area contributed by atoms with Crippen molar-refractivity contribution in [2.24, 2.45) is 5.92 Å². The molecule has 2 nitrogen and oxygen atoms in total. The van der Waals surface area contributed by atoms with Crippen LogP contribution in [-0.2, 0) is 6.42 Å². The Morgan fingerprint density at radius 3 is 2.32 bits per heavy atom. The summed E-state index contributed by atoms with van der Waals surface area (Å²) in [6, 6.07) is 22.4. The van der Waals surface area contributed by atoms with Crippen LogP contribution in [0.15, 0.2) is 66.9 Å². The highest BCUT2D eigenvalue weighted by Crippen LogP contribution is 2.41. The van der Waals surface area contributed by atoms with Crippen molar-refractivity contribution in [2.75, 3.05) is 0 Å². The molecule has 0 amide bonds. The minimum absolute atomic E-state index is 0.632. The van der Waals surface area contributed by atoms with Crippen LogP contribution < -0.4 is 0 Å². The maximum Gasteiger partial charge on any atom is 0.0705 e. The molecular weight excluding hydrogens is 376 g/mol. The first kappa shape index (κ1) is 18.4. The molecule has 0 fully saturated rings. The van der Waals surface area contributed by atoms with Gasteiger partial charge in [-0.3, -0.25) is 4.98 Å². The molecule has 0 radical (unpaired) electrons. The first-order chi connectivity index (χ1) is 15.0. The third kappa shape index (κ3) is 2.61. The smallest absolute Gasteiger partial charge is 0.0705 e. The Hall–Kier alpha value is -3.39. The van der Waals surface area contributed by atoms with E-state index >= 15 is 0 Å². The van der Waals surface area contributed by atoms with E-state index in [-0.39, 0.29) is 0 Å². The van der Waals surface area contributed by atoms with Crippen molar-refractivity contribution in [1.82, 2.24) is 9.38 Å². The molecular formula is C29H26N2. The molecule has 3 heterocycles. The number of hydrogen-bond donors (Lipinski definition) is 0. The SMILES string of the molecule is Cc1cnc(-c2cc(C)c3c(c2)c2cccc4c5ccccc5n3c42)cc1CC(C)C. The van der Waals surface area contributed by atoms with E-state index < -0.39 is 0 Å². The number of hydrogen-bond acceptors (Lipinski definition) is 1. The van der Waals surface area contributed by atoms with Crippen LogP contribution >= 0.6 is 0 Å². The zero-order valence-electron chi connectivity index (χ0n) is 18.5. The Morgan fingerprint density at radius 1 is 0.774 bits per heavy atom. The van der Waals surface area contributed by atoms with Crippen molar-refractivity contribution < 1.29 is 0 Å². The number of rotatable bonds is 3. The van der Waals surface area contributed by atoms with Gasteiger partial charge in [-0.2, -0.15) is 0 Å². The highest BCUT2D eigenvalue weighted by molar-refractivity contribution is 6.24. The lowest BCUT2D eigenvalue weighted by Gasteiger charge is -2.12. The van der Waals surface area contributed by atoms with Gasteiger partial charge in [0.15, 0.2) is 0 Å². The highest BCUT2D eigenvalue weighted by Gasteiger charge is 2.19. The third-order valence-electron chi connectivity index (χ3n) is 6.65. The summed E-state index contributed by atoms with van der Waals surface area (Å²) in [5.41, 5.74) is 10.2. The molecule has 0 saturated heterocycles. The van der Waals surface area contributed by atoms with Gasteiger partial charge in [0.05, 0.1) is 22.2 Å². The van der Waals surface area contributed by atoms with Crippen LogP contribution in [0.25, 0.3) is 49.4 Å². The molecule has 0 aliphatic carbocycles. The van der Waals surface area contributed by atoms with E-state index in [0.717, 1.165) is 12.1 Å². The number of benzene rings is 3. The topological polar surface area (TPSA) is 17.3 Å². The number of aryl methyl sites for hydroxylation is 2. The fourth-order valence-electron chi connectivity index (χ4n) is 5.28. The summed E-state index contributed by atoms with van der Waals surface area (Å²) >= 11 is 0. The van der Waals surface area contributed by atoms with Gasteiger partial charge in [0.1, 0.15) is 0 Å². The maximum absolute atomic E-state index is 4.81. The molecule has 3 aromatic carbocycles. The molecule has 0 unspecified atom stereocenters. The zero-order chi connectivity index (χ0) is 21.3. The second-order valence-electron chi connectivity index (χ2n) is 9.34. The Labute approximate surface area is 182 Å².